The number of hydrogen-bond acceptors (Lipinski definition) is 4. The molecule has 8 heteroatoms. The number of carbonyl (C=O) groups is 2. The van der Waals surface area contributed by atoms with Crippen LogP contribution in [-0.4, -0.2) is 11.9 Å². The highest BCUT2D eigenvalue weighted by Gasteiger charge is 2.12. The van der Waals surface area contributed by atoms with E-state index in [1.165, 1.54) is 24.3 Å². The lowest BCUT2D eigenvalue weighted by atomic mass is 10.2. The van der Waals surface area contributed by atoms with Crippen LogP contribution < -0.4 is 20.7 Å². The Kier molecular flexibility index (Phi) is 6.65. The Balaban J connectivity index is 1.28. The maximum Gasteiger partial charge on any atom is 0.323 e. The lowest BCUT2D eigenvalue weighted by Crippen LogP contribution is -2.19. The molecule has 3 aromatic carbocycles. The van der Waals surface area contributed by atoms with E-state index in [0.29, 0.717) is 28.6 Å². The number of halogens is 1. The molecule has 0 bridgehead atoms. The van der Waals surface area contributed by atoms with Crippen molar-refractivity contribution in [3.63, 3.8) is 0 Å². The number of hydrogen-bond donors (Lipinski definition) is 3. The van der Waals surface area contributed by atoms with E-state index in [4.69, 9.17) is 9.15 Å². The summed E-state index contributed by atoms with van der Waals surface area (Å²) in [6, 6.07) is 24.2. The summed E-state index contributed by atoms with van der Waals surface area (Å²) in [6.07, 6.45) is 0. The summed E-state index contributed by atoms with van der Waals surface area (Å²) >= 11 is 0. The molecule has 1 aromatic heterocycles. The molecule has 0 spiro atoms. The Bertz CT molecular complexity index is 1220. The smallest absolute Gasteiger partial charge is 0.323 e. The Labute approximate surface area is 189 Å². The van der Waals surface area contributed by atoms with Gasteiger partial charge in [0, 0.05) is 17.1 Å². The maximum atomic E-state index is 12.9. The summed E-state index contributed by atoms with van der Waals surface area (Å²) < 4.78 is 24.0. The van der Waals surface area contributed by atoms with Crippen molar-refractivity contribution in [1.29, 1.82) is 0 Å². The van der Waals surface area contributed by atoms with Crippen LogP contribution in [0.3, 0.4) is 0 Å². The van der Waals surface area contributed by atoms with Gasteiger partial charge in [0.1, 0.15) is 23.9 Å². The fourth-order valence-corrected chi connectivity index (χ4v) is 2.91. The molecule has 0 atom stereocenters. The monoisotopic (exact) mass is 445 g/mol. The standard InChI is InChI=1S/C25H20FN3O4/c26-17-6-12-21(13-7-17)32-16-22-14-15-23(33-22)24(30)27-19-8-10-20(11-9-19)29-25(31)28-18-4-2-1-3-5-18/h1-15H,16H2,(H,27,30)(H2,28,29,31). The maximum absolute atomic E-state index is 12.9. The third-order valence-corrected chi connectivity index (χ3v) is 4.51. The minimum absolute atomic E-state index is 0.102. The second kappa shape index (κ2) is 10.1. The molecule has 33 heavy (non-hydrogen) atoms. The molecule has 0 radical (unpaired) electrons. The van der Waals surface area contributed by atoms with Crippen LogP contribution in [0, 0.1) is 5.82 Å². The summed E-state index contributed by atoms with van der Waals surface area (Å²) in [7, 11) is 0. The van der Waals surface area contributed by atoms with Gasteiger partial charge in [-0.3, -0.25) is 4.79 Å². The lowest BCUT2D eigenvalue weighted by molar-refractivity contribution is 0.0992. The number of para-hydroxylation sites is 1. The van der Waals surface area contributed by atoms with Crippen LogP contribution in [0.1, 0.15) is 16.3 Å². The number of anilines is 3. The molecule has 1 heterocycles. The lowest BCUT2D eigenvalue weighted by Gasteiger charge is -2.09. The van der Waals surface area contributed by atoms with Crippen LogP contribution in [0.4, 0.5) is 26.2 Å². The number of benzene rings is 3. The fourth-order valence-electron chi connectivity index (χ4n) is 2.91. The summed E-state index contributed by atoms with van der Waals surface area (Å²) in [5, 5.41) is 8.17. The predicted octanol–water partition coefficient (Wildman–Crippen LogP) is 5.89. The van der Waals surface area contributed by atoms with Crippen molar-refractivity contribution in [2.24, 2.45) is 0 Å². The molecular formula is C25H20FN3O4. The largest absolute Gasteiger partial charge is 0.486 e. The molecule has 4 aromatic rings. The summed E-state index contributed by atoms with van der Waals surface area (Å²) in [6.45, 7) is 0.102. The number of amides is 3. The first-order valence-corrected chi connectivity index (χ1v) is 10.1. The number of rotatable bonds is 7. The van der Waals surface area contributed by atoms with Gasteiger partial charge in [-0.2, -0.15) is 0 Å². The van der Waals surface area contributed by atoms with Crippen molar-refractivity contribution in [2.45, 2.75) is 6.61 Å². The summed E-state index contributed by atoms with van der Waals surface area (Å²) in [5.41, 5.74) is 1.79. The average molecular weight is 445 g/mol. The van der Waals surface area contributed by atoms with Crippen molar-refractivity contribution < 1.29 is 23.1 Å². The second-order valence-electron chi connectivity index (χ2n) is 6.99. The highest BCUT2D eigenvalue weighted by molar-refractivity contribution is 6.03. The van der Waals surface area contributed by atoms with Crippen molar-refractivity contribution in [1.82, 2.24) is 0 Å². The molecule has 0 fully saturated rings. The fraction of sp³-hybridized carbons (Fsp3) is 0.0400. The van der Waals surface area contributed by atoms with Gasteiger partial charge in [0.15, 0.2) is 5.76 Å². The van der Waals surface area contributed by atoms with Crippen LogP contribution in [0.25, 0.3) is 0 Å². The molecule has 3 N–H and O–H groups in total. The SMILES string of the molecule is O=C(Nc1ccccc1)Nc1ccc(NC(=O)c2ccc(COc3ccc(F)cc3)o2)cc1. The van der Waals surface area contributed by atoms with E-state index in [2.05, 4.69) is 16.0 Å². The first-order valence-electron chi connectivity index (χ1n) is 10.1. The number of carbonyl (C=O) groups excluding carboxylic acids is 2. The molecule has 0 unspecified atom stereocenters. The number of furan rings is 1. The van der Waals surface area contributed by atoms with Crippen LogP contribution in [0.2, 0.25) is 0 Å². The Morgan fingerprint density at radius 2 is 1.33 bits per heavy atom. The molecule has 166 valence electrons. The van der Waals surface area contributed by atoms with Crippen molar-refractivity contribution in [3.05, 3.63) is 108 Å². The predicted molar refractivity (Wildman–Crippen MR) is 123 cm³/mol. The number of urea groups is 1. The van der Waals surface area contributed by atoms with E-state index >= 15 is 0 Å². The van der Waals surface area contributed by atoms with Gasteiger partial charge < -0.3 is 25.1 Å². The van der Waals surface area contributed by atoms with Crippen LogP contribution >= 0.6 is 0 Å². The zero-order valence-corrected chi connectivity index (χ0v) is 17.4. The van der Waals surface area contributed by atoms with E-state index in [0.717, 1.165) is 0 Å². The highest BCUT2D eigenvalue weighted by atomic mass is 19.1. The molecule has 4 rings (SSSR count). The van der Waals surface area contributed by atoms with Crippen molar-refractivity contribution in [3.8, 4) is 5.75 Å². The third-order valence-electron chi connectivity index (χ3n) is 4.51. The van der Waals surface area contributed by atoms with Crippen molar-refractivity contribution in [2.75, 3.05) is 16.0 Å². The van der Waals surface area contributed by atoms with Gasteiger partial charge >= 0.3 is 6.03 Å². The van der Waals surface area contributed by atoms with E-state index in [-0.39, 0.29) is 24.2 Å². The Morgan fingerprint density at radius 1 is 0.727 bits per heavy atom. The summed E-state index contributed by atoms with van der Waals surface area (Å²) in [5.74, 6) is 0.291. The zero-order chi connectivity index (χ0) is 23.0. The number of ether oxygens (including phenoxy) is 1. The molecule has 0 saturated carbocycles. The van der Waals surface area contributed by atoms with Crippen molar-refractivity contribution >= 4 is 29.0 Å². The highest BCUT2D eigenvalue weighted by Crippen LogP contribution is 2.18. The topological polar surface area (TPSA) is 92.6 Å². The van der Waals surface area contributed by atoms with Gasteiger partial charge in [-0.1, -0.05) is 18.2 Å². The summed E-state index contributed by atoms with van der Waals surface area (Å²) in [4.78, 5) is 24.5. The molecule has 0 aliphatic carbocycles. The van der Waals surface area contributed by atoms with Gasteiger partial charge in [0.2, 0.25) is 0 Å². The Hall–Kier alpha value is -4.59. The first-order chi connectivity index (χ1) is 16.0. The molecular weight excluding hydrogens is 425 g/mol. The minimum Gasteiger partial charge on any atom is -0.486 e. The molecule has 7 nitrogen and oxygen atoms in total. The molecule has 0 saturated heterocycles. The van der Waals surface area contributed by atoms with E-state index in [1.54, 1.807) is 48.5 Å². The molecule has 3 amide bonds. The van der Waals surface area contributed by atoms with Gasteiger partial charge in [-0.05, 0) is 72.8 Å². The minimum atomic E-state index is -0.425. The second-order valence-corrected chi connectivity index (χ2v) is 6.99. The van der Waals surface area contributed by atoms with Crippen LogP contribution in [0.15, 0.2) is 95.4 Å². The quantitative estimate of drug-likeness (QED) is 0.331. The Morgan fingerprint density at radius 3 is 2.00 bits per heavy atom. The molecule has 0 aliphatic rings. The van der Waals surface area contributed by atoms with E-state index in [9.17, 15) is 14.0 Å². The van der Waals surface area contributed by atoms with E-state index < -0.39 is 5.91 Å². The van der Waals surface area contributed by atoms with Gasteiger partial charge in [0.05, 0.1) is 0 Å². The zero-order valence-electron chi connectivity index (χ0n) is 17.4. The van der Waals surface area contributed by atoms with Gasteiger partial charge in [-0.15, -0.1) is 0 Å². The first kappa shape index (κ1) is 21.6. The number of nitrogens with one attached hydrogen (secondary N) is 3. The van der Waals surface area contributed by atoms with Crippen LogP contribution in [0.5, 0.6) is 5.75 Å². The van der Waals surface area contributed by atoms with Gasteiger partial charge in [0.25, 0.3) is 5.91 Å². The molecule has 0 aliphatic heterocycles. The average Bonchev–Trinajstić information content (AvgIpc) is 3.30. The van der Waals surface area contributed by atoms with Gasteiger partial charge in [-0.25, -0.2) is 9.18 Å². The van der Waals surface area contributed by atoms with Crippen LogP contribution in [-0.2, 0) is 6.61 Å². The van der Waals surface area contributed by atoms with E-state index in [1.807, 2.05) is 18.2 Å². The third kappa shape index (κ3) is 6.20. The normalized spacial score (nSPS) is 10.3.